The molecule has 2 heterocycles. The van der Waals surface area contributed by atoms with E-state index >= 15 is 0 Å². The number of aromatic hydroxyl groups is 1. The Kier molecular flexibility index (Phi) is 5.56. The summed E-state index contributed by atoms with van der Waals surface area (Å²) in [5.74, 6) is 0.808. The van der Waals surface area contributed by atoms with Crippen LogP contribution in [0.3, 0.4) is 0 Å². The van der Waals surface area contributed by atoms with Crippen molar-refractivity contribution in [2.24, 2.45) is 0 Å². The smallest absolute Gasteiger partial charge is 0.200 e. The first kappa shape index (κ1) is 19.5. The first-order chi connectivity index (χ1) is 14.1. The summed E-state index contributed by atoms with van der Waals surface area (Å²) in [5, 5.41) is 11.0. The van der Waals surface area contributed by atoms with Gasteiger partial charge in [0.25, 0.3) is 0 Å². The van der Waals surface area contributed by atoms with E-state index in [0.717, 1.165) is 32.7 Å². The van der Waals surface area contributed by atoms with Crippen molar-refractivity contribution in [3.63, 3.8) is 0 Å². The molecule has 1 aliphatic heterocycles. The van der Waals surface area contributed by atoms with Crippen molar-refractivity contribution in [2.45, 2.75) is 13.5 Å². The highest BCUT2D eigenvalue weighted by atomic mass is 16.5. The summed E-state index contributed by atoms with van der Waals surface area (Å²) >= 11 is 0. The van der Waals surface area contributed by atoms with Gasteiger partial charge in [0.1, 0.15) is 56.1 Å². The number of phenolic OH excluding ortho intramolecular Hbond substituents is 1. The minimum absolute atomic E-state index is 0.118. The number of para-hydroxylation sites is 1. The van der Waals surface area contributed by atoms with Crippen LogP contribution >= 0.6 is 0 Å². The normalized spacial score (nSPS) is 19.4. The molecule has 1 saturated heterocycles. The van der Waals surface area contributed by atoms with Crippen LogP contribution in [0, 0.1) is 0 Å². The average molecular weight is 396 g/mol. The Morgan fingerprint density at radius 3 is 2.48 bits per heavy atom. The van der Waals surface area contributed by atoms with Crippen molar-refractivity contribution in [3.05, 3.63) is 58.4 Å². The highest BCUT2D eigenvalue weighted by Crippen LogP contribution is 2.31. The number of methoxy groups -OCH3 is 1. The van der Waals surface area contributed by atoms with Gasteiger partial charge in [-0.05, 0) is 25.1 Å². The molecule has 1 fully saturated rings. The summed E-state index contributed by atoms with van der Waals surface area (Å²) in [6.45, 7) is 8.35. The molecule has 6 heteroatoms. The third-order valence-electron chi connectivity index (χ3n) is 6.01. The number of fused-ring (bicyclic) bond motifs is 1. The van der Waals surface area contributed by atoms with Crippen LogP contribution in [-0.2, 0) is 6.54 Å². The van der Waals surface area contributed by atoms with Crippen LogP contribution in [0.25, 0.3) is 22.1 Å². The highest BCUT2D eigenvalue weighted by molar-refractivity contribution is 5.86. The Morgan fingerprint density at radius 1 is 1.03 bits per heavy atom. The Morgan fingerprint density at radius 2 is 1.76 bits per heavy atom. The Bertz CT molecular complexity index is 1070. The Balaban J connectivity index is 1.73. The predicted molar refractivity (Wildman–Crippen MR) is 112 cm³/mol. The van der Waals surface area contributed by atoms with Gasteiger partial charge in [0, 0.05) is 5.56 Å². The molecule has 1 aromatic heterocycles. The molecule has 29 heavy (non-hydrogen) atoms. The maximum atomic E-state index is 13.2. The summed E-state index contributed by atoms with van der Waals surface area (Å²) in [7, 11) is 1.58. The zero-order valence-electron chi connectivity index (χ0n) is 17.0. The molecule has 0 radical (unpaired) electrons. The Labute approximate surface area is 169 Å². The number of phenols is 1. The van der Waals surface area contributed by atoms with Crippen LogP contribution in [0.5, 0.6) is 11.5 Å². The molecule has 0 aliphatic carbocycles. The molecule has 6 nitrogen and oxygen atoms in total. The number of hydrogen-bond acceptors (Lipinski definition) is 4. The summed E-state index contributed by atoms with van der Waals surface area (Å²) in [5.41, 5.74) is 2.23. The number of piperazine rings is 1. The van der Waals surface area contributed by atoms with Crippen molar-refractivity contribution in [1.29, 1.82) is 0 Å². The van der Waals surface area contributed by atoms with Crippen LogP contribution < -0.4 is 20.0 Å². The minimum Gasteiger partial charge on any atom is -0.507 e. The van der Waals surface area contributed by atoms with E-state index in [1.807, 2.05) is 24.3 Å². The molecule has 0 spiro atoms. The van der Waals surface area contributed by atoms with E-state index in [1.165, 1.54) is 11.2 Å². The number of likely N-dealkylation sites (N-methyl/N-ethyl adjacent to an activating group) is 1. The fraction of sp³-hybridized carbons (Fsp3) is 0.348. The van der Waals surface area contributed by atoms with Gasteiger partial charge in [-0.2, -0.15) is 0 Å². The van der Waals surface area contributed by atoms with E-state index in [-0.39, 0.29) is 11.2 Å². The van der Waals surface area contributed by atoms with Crippen molar-refractivity contribution >= 4 is 11.0 Å². The summed E-state index contributed by atoms with van der Waals surface area (Å²) < 4.78 is 11.3. The largest absolute Gasteiger partial charge is 0.507 e. The second-order valence-electron chi connectivity index (χ2n) is 7.65. The minimum atomic E-state index is -0.118. The lowest BCUT2D eigenvalue weighted by Crippen LogP contribution is -3.27. The summed E-state index contributed by atoms with van der Waals surface area (Å²) in [6, 6.07) is 10.6. The fourth-order valence-corrected chi connectivity index (χ4v) is 4.21. The lowest BCUT2D eigenvalue weighted by Gasteiger charge is -2.29. The van der Waals surface area contributed by atoms with Crippen LogP contribution in [-0.4, -0.2) is 44.9 Å². The van der Waals surface area contributed by atoms with Crippen molar-refractivity contribution < 1.29 is 24.1 Å². The van der Waals surface area contributed by atoms with Gasteiger partial charge in [0.2, 0.25) is 5.43 Å². The molecule has 0 saturated carbocycles. The van der Waals surface area contributed by atoms with Crippen LogP contribution in [0.2, 0.25) is 0 Å². The van der Waals surface area contributed by atoms with E-state index in [4.69, 9.17) is 9.15 Å². The molecular weight excluding hydrogens is 368 g/mol. The third-order valence-corrected chi connectivity index (χ3v) is 6.01. The Hall–Kier alpha value is -2.83. The molecular formula is C23H28N2O4+2. The SMILES string of the molecule is CC[NH+]1CC[NH+](Cc2c(O)ccc3c(=O)c(-c4ccccc4OC)coc23)CC1. The second-order valence-corrected chi connectivity index (χ2v) is 7.65. The van der Waals surface area contributed by atoms with Crippen LogP contribution in [0.1, 0.15) is 12.5 Å². The number of rotatable bonds is 5. The molecule has 1 aliphatic rings. The first-order valence-corrected chi connectivity index (χ1v) is 10.2. The maximum absolute atomic E-state index is 13.2. The van der Waals surface area contributed by atoms with Crippen LogP contribution in [0.4, 0.5) is 0 Å². The van der Waals surface area contributed by atoms with Crippen LogP contribution in [0.15, 0.2) is 51.9 Å². The molecule has 2 aromatic carbocycles. The predicted octanol–water partition coefficient (Wildman–Crippen LogP) is 0.478. The fourth-order valence-electron chi connectivity index (χ4n) is 4.21. The number of ether oxygens (including phenoxy) is 1. The zero-order valence-corrected chi connectivity index (χ0v) is 17.0. The summed E-state index contributed by atoms with van der Waals surface area (Å²) in [4.78, 5) is 16.2. The van der Waals surface area contributed by atoms with Gasteiger partial charge in [0.05, 0.1) is 30.2 Å². The molecule has 0 amide bonds. The monoisotopic (exact) mass is 396 g/mol. The quantitative estimate of drug-likeness (QED) is 0.587. The first-order valence-electron chi connectivity index (χ1n) is 10.2. The number of quaternary nitrogens is 2. The molecule has 4 rings (SSSR count). The molecule has 3 aromatic rings. The van der Waals surface area contributed by atoms with Gasteiger partial charge >= 0.3 is 0 Å². The van der Waals surface area contributed by atoms with Crippen molar-refractivity contribution in [1.82, 2.24) is 0 Å². The molecule has 0 atom stereocenters. The van der Waals surface area contributed by atoms with Crippen molar-refractivity contribution in [3.8, 4) is 22.6 Å². The van der Waals surface area contributed by atoms with Gasteiger partial charge < -0.3 is 24.1 Å². The molecule has 3 N–H and O–H groups in total. The third kappa shape index (κ3) is 3.73. The van der Waals surface area contributed by atoms with E-state index in [0.29, 0.717) is 40.0 Å². The van der Waals surface area contributed by atoms with Crippen molar-refractivity contribution in [2.75, 3.05) is 39.8 Å². The highest BCUT2D eigenvalue weighted by Gasteiger charge is 2.25. The molecule has 0 unspecified atom stereocenters. The second kappa shape index (κ2) is 8.27. The van der Waals surface area contributed by atoms with Gasteiger partial charge in [0.15, 0.2) is 0 Å². The standard InChI is InChI=1S/C23H26N2O4/c1-3-24-10-12-25(13-11-24)14-18-20(26)9-8-17-22(27)19(15-29-23(17)18)16-6-4-5-7-21(16)28-2/h4-9,15,26H,3,10-14H2,1-2H3/p+2. The summed E-state index contributed by atoms with van der Waals surface area (Å²) in [6.07, 6.45) is 1.49. The molecule has 152 valence electrons. The van der Waals surface area contributed by atoms with Gasteiger partial charge in [-0.25, -0.2) is 0 Å². The maximum Gasteiger partial charge on any atom is 0.200 e. The van der Waals surface area contributed by atoms with E-state index in [2.05, 4.69) is 6.92 Å². The topological polar surface area (TPSA) is 68.5 Å². The number of hydrogen-bond donors (Lipinski definition) is 3. The lowest BCUT2D eigenvalue weighted by atomic mass is 10.0. The van der Waals surface area contributed by atoms with E-state index in [9.17, 15) is 9.90 Å². The van der Waals surface area contributed by atoms with Gasteiger partial charge in [-0.3, -0.25) is 4.79 Å². The lowest BCUT2D eigenvalue weighted by molar-refractivity contribution is -1.02. The van der Waals surface area contributed by atoms with E-state index in [1.54, 1.807) is 24.1 Å². The number of benzene rings is 2. The van der Waals surface area contributed by atoms with E-state index < -0.39 is 0 Å². The average Bonchev–Trinajstić information content (AvgIpc) is 2.76. The van der Waals surface area contributed by atoms with Gasteiger partial charge in [-0.15, -0.1) is 0 Å². The zero-order chi connectivity index (χ0) is 20.4. The number of nitrogens with one attached hydrogen (secondary N) is 2. The van der Waals surface area contributed by atoms with Gasteiger partial charge in [-0.1, -0.05) is 18.2 Å². The molecule has 0 bridgehead atoms.